The lowest BCUT2D eigenvalue weighted by Gasteiger charge is -2.40. The number of carbonyl (C=O) groups excluding carboxylic acids is 3. The van der Waals surface area contributed by atoms with Crippen LogP contribution in [-0.2, 0) is 22.6 Å². The van der Waals surface area contributed by atoms with Crippen molar-refractivity contribution in [3.63, 3.8) is 0 Å². The summed E-state index contributed by atoms with van der Waals surface area (Å²) in [6, 6.07) is 1.41. The zero-order valence-electron chi connectivity index (χ0n) is 21.2. The Morgan fingerprint density at radius 1 is 1.15 bits per heavy atom. The molecule has 3 aliphatic carbocycles. The summed E-state index contributed by atoms with van der Waals surface area (Å²) < 4.78 is 0. The van der Waals surface area contributed by atoms with E-state index in [0.717, 1.165) is 13.0 Å². The third-order valence-electron chi connectivity index (χ3n) is 8.39. The van der Waals surface area contributed by atoms with Crippen molar-refractivity contribution >= 4 is 29.1 Å². The number of carbonyl (C=O) groups is 3. The lowest BCUT2D eigenvalue weighted by atomic mass is 9.66. The third-order valence-corrected chi connectivity index (χ3v) is 8.86. The number of halogens is 1. The van der Waals surface area contributed by atoms with Gasteiger partial charge in [-0.3, -0.25) is 19.3 Å². The van der Waals surface area contributed by atoms with E-state index in [1.54, 1.807) is 6.08 Å². The van der Waals surface area contributed by atoms with E-state index in [1.807, 2.05) is 0 Å². The van der Waals surface area contributed by atoms with Gasteiger partial charge in [-0.25, -0.2) is 0 Å². The molecule has 1 heterocycles. The molecule has 7 N–H and O–H groups in total. The fraction of sp³-hybridized carbons (Fsp3) is 0.464. The zero-order chi connectivity index (χ0) is 28.2. The standard InChI is InChI=1S/C28H31ClN2O8/c29-23-14(12-31-7-2-5-16(32)6-8-31)10-18(33)21-17(23)9-13-3-1-4-15-11-19(34)22(27(30)38)26(37)28(15,39)25(36)20(13)24(21)35/h1,4,10,13,15-16,32-34,36,39H,2-3,5-9,11-12H2,(H2,30,38)/b4-1?,25-20-/t13?,15-,16?,28-/m0/s1. The molecule has 39 heavy (non-hydrogen) atoms. The van der Waals surface area contributed by atoms with Gasteiger partial charge in [0.15, 0.2) is 11.4 Å². The average Bonchev–Trinajstić information content (AvgIpc) is 3.07. The highest BCUT2D eigenvalue weighted by atomic mass is 35.5. The second-order valence-electron chi connectivity index (χ2n) is 10.8. The van der Waals surface area contributed by atoms with Gasteiger partial charge >= 0.3 is 0 Å². The number of primary amides is 1. The number of Topliss-reactive ketones (excluding diaryl/α,β-unsaturated/α-hetero) is 2. The van der Waals surface area contributed by atoms with E-state index in [9.17, 15) is 39.9 Å². The molecule has 5 rings (SSSR count). The van der Waals surface area contributed by atoms with Crippen LogP contribution in [0.25, 0.3) is 0 Å². The first kappa shape index (κ1) is 27.4. The predicted octanol–water partition coefficient (Wildman–Crippen LogP) is 2.14. The van der Waals surface area contributed by atoms with Gasteiger partial charge in [0.1, 0.15) is 22.8 Å². The van der Waals surface area contributed by atoms with Crippen molar-refractivity contribution in [1.29, 1.82) is 0 Å². The summed E-state index contributed by atoms with van der Waals surface area (Å²) in [5.74, 6) is -7.03. The molecule has 1 aliphatic heterocycles. The highest BCUT2D eigenvalue weighted by Crippen LogP contribution is 2.48. The fourth-order valence-electron chi connectivity index (χ4n) is 6.33. The van der Waals surface area contributed by atoms with Crippen LogP contribution in [0.2, 0.25) is 5.02 Å². The Morgan fingerprint density at radius 3 is 2.62 bits per heavy atom. The highest BCUT2D eigenvalue weighted by Gasteiger charge is 2.56. The smallest absolute Gasteiger partial charge is 0.255 e. The summed E-state index contributed by atoms with van der Waals surface area (Å²) in [7, 11) is 0. The van der Waals surface area contributed by atoms with E-state index >= 15 is 0 Å². The Kier molecular flexibility index (Phi) is 7.09. The van der Waals surface area contributed by atoms with Gasteiger partial charge in [0.2, 0.25) is 5.78 Å². The van der Waals surface area contributed by atoms with E-state index in [2.05, 4.69) is 4.90 Å². The monoisotopic (exact) mass is 558 g/mol. The second-order valence-corrected chi connectivity index (χ2v) is 11.2. The number of benzene rings is 1. The molecule has 11 heteroatoms. The Balaban J connectivity index is 1.58. The molecule has 10 nitrogen and oxygen atoms in total. The van der Waals surface area contributed by atoms with Crippen molar-refractivity contribution in [2.45, 2.75) is 56.8 Å². The number of aromatic hydroxyl groups is 1. The topological polar surface area (TPSA) is 182 Å². The molecule has 1 fully saturated rings. The minimum absolute atomic E-state index is 0.116. The van der Waals surface area contributed by atoms with Crippen LogP contribution in [0, 0.1) is 11.8 Å². The maximum atomic E-state index is 13.8. The molecule has 0 spiro atoms. The lowest BCUT2D eigenvalue weighted by molar-refractivity contribution is -0.140. The molecule has 2 unspecified atom stereocenters. The van der Waals surface area contributed by atoms with Crippen LogP contribution in [0.4, 0.5) is 0 Å². The minimum Gasteiger partial charge on any atom is -0.511 e. The number of ketones is 2. The Morgan fingerprint density at radius 2 is 1.90 bits per heavy atom. The number of aliphatic hydroxyl groups excluding tert-OH is 3. The first-order valence-corrected chi connectivity index (χ1v) is 13.4. The number of phenols is 1. The normalized spacial score (nSPS) is 31.6. The van der Waals surface area contributed by atoms with Crippen molar-refractivity contribution in [3.8, 4) is 5.75 Å². The molecular weight excluding hydrogens is 528 g/mol. The van der Waals surface area contributed by atoms with Crippen LogP contribution in [0.3, 0.4) is 0 Å². The SMILES string of the molecule is NC(=O)C1=C(O)C[C@@H]2C=CCC3Cc4c(Cl)c(CN5CCCC(O)CC5)cc(O)c4C(=O)/C3=C(\O)[C@]2(O)C1=O. The number of amides is 1. The van der Waals surface area contributed by atoms with Gasteiger partial charge in [-0.15, -0.1) is 0 Å². The number of hydrogen-bond donors (Lipinski definition) is 6. The van der Waals surface area contributed by atoms with Gasteiger partial charge in [-0.2, -0.15) is 0 Å². The largest absolute Gasteiger partial charge is 0.511 e. The molecule has 0 radical (unpaired) electrons. The summed E-state index contributed by atoms with van der Waals surface area (Å²) in [4.78, 5) is 41.1. The average molecular weight is 559 g/mol. The van der Waals surface area contributed by atoms with Crippen LogP contribution >= 0.6 is 11.6 Å². The Labute approximate surface area is 229 Å². The molecule has 0 saturated carbocycles. The van der Waals surface area contributed by atoms with Gasteiger partial charge in [-0.05, 0) is 61.8 Å². The number of nitrogens with zero attached hydrogens (tertiary/aromatic N) is 1. The number of fused-ring (bicyclic) bond motifs is 3. The number of rotatable bonds is 3. The molecule has 1 saturated heterocycles. The van der Waals surface area contributed by atoms with Crippen molar-refractivity contribution in [3.05, 3.63) is 62.6 Å². The molecule has 0 aromatic heterocycles. The number of aliphatic hydroxyl groups is 4. The molecular formula is C28H31ClN2O8. The summed E-state index contributed by atoms with van der Waals surface area (Å²) >= 11 is 6.80. The molecule has 1 amide bonds. The van der Waals surface area contributed by atoms with E-state index in [-0.39, 0.29) is 42.3 Å². The van der Waals surface area contributed by atoms with Crippen molar-refractivity contribution < 1.29 is 39.9 Å². The minimum atomic E-state index is -2.70. The lowest BCUT2D eigenvalue weighted by Crippen LogP contribution is -2.54. The molecule has 208 valence electrons. The zero-order valence-corrected chi connectivity index (χ0v) is 21.9. The number of allylic oxidation sites excluding steroid dienone is 3. The number of hydrogen-bond acceptors (Lipinski definition) is 9. The predicted molar refractivity (Wildman–Crippen MR) is 140 cm³/mol. The van der Waals surface area contributed by atoms with E-state index in [0.29, 0.717) is 42.1 Å². The van der Waals surface area contributed by atoms with Crippen LogP contribution in [0.1, 0.15) is 53.6 Å². The summed E-state index contributed by atoms with van der Waals surface area (Å²) in [5, 5.41) is 54.4. The summed E-state index contributed by atoms with van der Waals surface area (Å²) in [6.45, 7) is 1.83. The summed E-state index contributed by atoms with van der Waals surface area (Å²) in [5.41, 5.74) is 2.41. The number of likely N-dealkylation sites (tertiary alicyclic amines) is 1. The van der Waals surface area contributed by atoms with Crippen LogP contribution < -0.4 is 5.73 Å². The molecule has 1 aromatic rings. The fourth-order valence-corrected chi connectivity index (χ4v) is 6.62. The van der Waals surface area contributed by atoms with Gasteiger partial charge in [0.25, 0.3) is 5.91 Å². The Bertz CT molecular complexity index is 1370. The van der Waals surface area contributed by atoms with E-state index < -0.39 is 52.0 Å². The van der Waals surface area contributed by atoms with Crippen LogP contribution in [-0.4, -0.2) is 72.7 Å². The molecule has 0 bridgehead atoms. The van der Waals surface area contributed by atoms with Crippen molar-refractivity contribution in [2.24, 2.45) is 17.6 Å². The Hall–Kier alpha value is -3.18. The molecule has 1 aromatic carbocycles. The quantitative estimate of drug-likeness (QED) is 0.239. The molecule has 4 atom stereocenters. The third kappa shape index (κ3) is 4.45. The first-order chi connectivity index (χ1) is 18.4. The number of nitrogens with two attached hydrogens (primary N) is 1. The second kappa shape index (κ2) is 10.1. The van der Waals surface area contributed by atoms with Gasteiger partial charge in [0.05, 0.1) is 11.7 Å². The maximum absolute atomic E-state index is 13.8. The number of phenolic OH excluding ortho intramolecular Hbond substituents is 1. The van der Waals surface area contributed by atoms with Crippen molar-refractivity contribution in [2.75, 3.05) is 13.1 Å². The van der Waals surface area contributed by atoms with Gasteiger partial charge in [0, 0.05) is 36.0 Å². The first-order valence-electron chi connectivity index (χ1n) is 13.0. The molecule has 4 aliphatic rings. The summed E-state index contributed by atoms with van der Waals surface area (Å²) in [6.07, 6.45) is 4.99. The van der Waals surface area contributed by atoms with E-state index in [1.165, 1.54) is 12.1 Å². The van der Waals surface area contributed by atoms with Gasteiger partial charge < -0.3 is 31.3 Å². The maximum Gasteiger partial charge on any atom is 0.255 e. The van der Waals surface area contributed by atoms with Crippen LogP contribution in [0.5, 0.6) is 5.75 Å². The van der Waals surface area contributed by atoms with Crippen molar-refractivity contribution in [1.82, 2.24) is 4.90 Å². The van der Waals surface area contributed by atoms with Crippen LogP contribution in [0.15, 0.2) is 40.9 Å². The van der Waals surface area contributed by atoms with E-state index in [4.69, 9.17) is 17.3 Å². The van der Waals surface area contributed by atoms with Gasteiger partial charge in [-0.1, -0.05) is 23.8 Å². The highest BCUT2D eigenvalue weighted by molar-refractivity contribution is 6.33.